The molecule has 0 N–H and O–H groups in total. The molecule has 0 aliphatic carbocycles. The summed E-state index contributed by atoms with van der Waals surface area (Å²) in [5, 5.41) is 9.43. The second-order valence-electron chi connectivity index (χ2n) is 5.76. The largest absolute Gasteiger partial charge is 0.271 e. The fourth-order valence-electron chi connectivity index (χ4n) is 2.92. The molecule has 2 atom stereocenters. The highest BCUT2D eigenvalue weighted by molar-refractivity contribution is 6.26. The third kappa shape index (κ3) is 2.09. The van der Waals surface area contributed by atoms with Gasteiger partial charge in [-0.25, -0.2) is 14.3 Å². The lowest BCUT2D eigenvalue weighted by atomic mass is 10.1. The first kappa shape index (κ1) is 14.5. The summed E-state index contributed by atoms with van der Waals surface area (Å²) in [6.45, 7) is 1.96. The van der Waals surface area contributed by atoms with Crippen LogP contribution in [0, 0.1) is 12.7 Å². The molecule has 2 aliphatic heterocycles. The van der Waals surface area contributed by atoms with Crippen LogP contribution in [0.1, 0.15) is 5.56 Å². The number of benzene rings is 2. The van der Waals surface area contributed by atoms with Crippen LogP contribution in [0.15, 0.2) is 58.9 Å². The van der Waals surface area contributed by atoms with E-state index < -0.39 is 29.7 Å². The van der Waals surface area contributed by atoms with Crippen LogP contribution in [0.4, 0.5) is 15.8 Å². The number of rotatable bonds is 2. The zero-order chi connectivity index (χ0) is 16.8. The summed E-state index contributed by atoms with van der Waals surface area (Å²) in [6.07, 6.45) is 0. The predicted molar refractivity (Wildman–Crippen MR) is 85.0 cm³/mol. The normalized spacial score (nSPS) is 22.4. The van der Waals surface area contributed by atoms with E-state index in [4.69, 9.17) is 0 Å². The molecule has 0 radical (unpaired) electrons. The van der Waals surface area contributed by atoms with Gasteiger partial charge in [-0.2, -0.15) is 5.11 Å². The number of halogens is 1. The van der Waals surface area contributed by atoms with Crippen LogP contribution in [0.25, 0.3) is 0 Å². The number of hydrogen-bond donors (Lipinski definition) is 0. The molecular formula is C17H13FN4O2. The predicted octanol–water partition coefficient (Wildman–Crippen LogP) is 2.63. The molecule has 0 saturated carbocycles. The van der Waals surface area contributed by atoms with Gasteiger partial charge in [0.2, 0.25) is 0 Å². The number of hydrogen-bond acceptors (Lipinski definition) is 5. The molecule has 0 aromatic heterocycles. The smallest absolute Gasteiger partial charge is 0.263 e. The molecule has 120 valence electrons. The van der Waals surface area contributed by atoms with Gasteiger partial charge in [-0.3, -0.25) is 9.59 Å². The summed E-state index contributed by atoms with van der Waals surface area (Å²) in [7, 11) is 0. The first-order valence-corrected chi connectivity index (χ1v) is 7.46. The average Bonchev–Trinajstić information content (AvgIpc) is 3.11. The molecule has 1 saturated heterocycles. The lowest BCUT2D eigenvalue weighted by Gasteiger charge is -2.20. The summed E-state index contributed by atoms with van der Waals surface area (Å²) >= 11 is 0. The van der Waals surface area contributed by atoms with E-state index in [1.54, 1.807) is 0 Å². The van der Waals surface area contributed by atoms with E-state index in [9.17, 15) is 14.0 Å². The summed E-state index contributed by atoms with van der Waals surface area (Å²) < 4.78 is 13.1. The van der Waals surface area contributed by atoms with Gasteiger partial charge < -0.3 is 0 Å². The van der Waals surface area contributed by atoms with Crippen molar-refractivity contribution in [1.82, 2.24) is 0 Å². The maximum Gasteiger partial charge on any atom is 0.263 e. The number of fused-ring (bicyclic) bond motifs is 1. The Bertz CT molecular complexity index is 848. The van der Waals surface area contributed by atoms with Crippen molar-refractivity contribution in [2.24, 2.45) is 10.3 Å². The van der Waals surface area contributed by atoms with Crippen molar-refractivity contribution in [3.8, 4) is 0 Å². The van der Waals surface area contributed by atoms with Crippen molar-refractivity contribution in [3.05, 3.63) is 59.9 Å². The summed E-state index contributed by atoms with van der Waals surface area (Å²) in [5.74, 6) is -1.30. The number of carbonyl (C=O) groups is 2. The zero-order valence-electron chi connectivity index (χ0n) is 12.8. The molecule has 2 aromatic carbocycles. The molecule has 4 rings (SSSR count). The van der Waals surface area contributed by atoms with Gasteiger partial charge in [-0.05, 0) is 43.3 Å². The number of imide groups is 1. The third-order valence-corrected chi connectivity index (χ3v) is 4.17. The first-order valence-electron chi connectivity index (χ1n) is 7.46. The number of nitrogens with zero attached hydrogens (tertiary/aromatic N) is 4. The molecule has 24 heavy (non-hydrogen) atoms. The van der Waals surface area contributed by atoms with E-state index >= 15 is 0 Å². The van der Waals surface area contributed by atoms with Gasteiger partial charge in [0.05, 0.1) is 11.4 Å². The van der Waals surface area contributed by atoms with Crippen molar-refractivity contribution in [3.63, 3.8) is 0 Å². The molecule has 1 fully saturated rings. The lowest BCUT2D eigenvalue weighted by molar-refractivity contribution is -0.121. The second-order valence-corrected chi connectivity index (χ2v) is 5.76. The maximum absolute atomic E-state index is 13.1. The highest BCUT2D eigenvalue weighted by atomic mass is 19.1. The highest BCUT2D eigenvalue weighted by Gasteiger charge is 2.55. The Kier molecular flexibility index (Phi) is 3.16. The SMILES string of the molecule is Cc1ccc(N2N=N[C@H]3C(=O)N(c4ccc(F)cc4)C(=O)[C@@H]32)cc1. The van der Waals surface area contributed by atoms with Gasteiger partial charge >= 0.3 is 0 Å². The molecular weight excluding hydrogens is 311 g/mol. The Hall–Kier alpha value is -3.09. The fraction of sp³-hybridized carbons (Fsp3) is 0.176. The van der Waals surface area contributed by atoms with Gasteiger partial charge in [0, 0.05) is 0 Å². The van der Waals surface area contributed by atoms with E-state index in [-0.39, 0.29) is 0 Å². The zero-order valence-corrected chi connectivity index (χ0v) is 12.8. The van der Waals surface area contributed by atoms with E-state index in [1.807, 2.05) is 31.2 Å². The van der Waals surface area contributed by atoms with Crippen LogP contribution in [0.5, 0.6) is 0 Å². The molecule has 2 heterocycles. The average molecular weight is 324 g/mol. The summed E-state index contributed by atoms with van der Waals surface area (Å²) in [6, 6.07) is 11.0. The van der Waals surface area contributed by atoms with E-state index in [2.05, 4.69) is 10.3 Å². The molecule has 2 aromatic rings. The number of aryl methyl sites for hydroxylation is 1. The standard InChI is InChI=1S/C17H13FN4O2/c1-10-2-6-13(7-3-10)22-15-14(19-20-22)16(23)21(17(15)24)12-8-4-11(18)5-9-12/h2-9,14-15H,1H3/t14-,15-/m1/s1. The molecule has 0 bridgehead atoms. The fourth-order valence-corrected chi connectivity index (χ4v) is 2.92. The maximum atomic E-state index is 13.1. The van der Waals surface area contributed by atoms with Crippen molar-refractivity contribution in [1.29, 1.82) is 0 Å². The third-order valence-electron chi connectivity index (χ3n) is 4.17. The first-order chi connectivity index (χ1) is 11.6. The van der Waals surface area contributed by atoms with E-state index in [0.717, 1.165) is 10.5 Å². The Morgan fingerprint density at radius 1 is 0.917 bits per heavy atom. The van der Waals surface area contributed by atoms with Crippen molar-refractivity contribution < 1.29 is 14.0 Å². The molecule has 0 spiro atoms. The molecule has 2 amide bonds. The minimum atomic E-state index is -0.871. The minimum Gasteiger partial charge on any atom is -0.271 e. The molecule has 2 aliphatic rings. The quantitative estimate of drug-likeness (QED) is 0.798. The van der Waals surface area contributed by atoms with Gasteiger partial charge in [0.25, 0.3) is 11.8 Å². The van der Waals surface area contributed by atoms with Crippen LogP contribution >= 0.6 is 0 Å². The number of anilines is 2. The summed E-state index contributed by atoms with van der Waals surface area (Å²) in [5.41, 5.74) is 2.10. The van der Waals surface area contributed by atoms with Crippen LogP contribution in [0.3, 0.4) is 0 Å². The van der Waals surface area contributed by atoms with Crippen LogP contribution in [-0.2, 0) is 9.59 Å². The molecule has 7 heteroatoms. The monoisotopic (exact) mass is 324 g/mol. The Morgan fingerprint density at radius 3 is 2.21 bits per heavy atom. The van der Waals surface area contributed by atoms with Crippen molar-refractivity contribution in [2.45, 2.75) is 19.0 Å². The van der Waals surface area contributed by atoms with E-state index in [0.29, 0.717) is 11.4 Å². The number of carbonyl (C=O) groups excluding carboxylic acids is 2. The van der Waals surface area contributed by atoms with Crippen LogP contribution in [-0.4, -0.2) is 23.9 Å². The topological polar surface area (TPSA) is 65.3 Å². The Balaban J connectivity index is 1.69. The molecule has 0 unspecified atom stereocenters. The highest BCUT2D eigenvalue weighted by Crippen LogP contribution is 2.34. The van der Waals surface area contributed by atoms with Gasteiger partial charge in [0.15, 0.2) is 12.1 Å². The van der Waals surface area contributed by atoms with Gasteiger partial charge in [0.1, 0.15) is 5.82 Å². The Labute approximate surface area is 137 Å². The summed E-state index contributed by atoms with van der Waals surface area (Å²) in [4.78, 5) is 26.4. The van der Waals surface area contributed by atoms with Gasteiger partial charge in [-0.15, -0.1) is 0 Å². The van der Waals surface area contributed by atoms with Gasteiger partial charge in [-0.1, -0.05) is 22.9 Å². The van der Waals surface area contributed by atoms with Crippen LogP contribution < -0.4 is 9.91 Å². The number of amides is 2. The second kappa shape index (κ2) is 5.23. The van der Waals surface area contributed by atoms with Crippen LogP contribution in [0.2, 0.25) is 0 Å². The Morgan fingerprint density at radius 2 is 1.54 bits per heavy atom. The lowest BCUT2D eigenvalue weighted by Crippen LogP contribution is -2.39. The minimum absolute atomic E-state index is 0.333. The van der Waals surface area contributed by atoms with Crippen molar-refractivity contribution in [2.75, 3.05) is 9.91 Å². The van der Waals surface area contributed by atoms with Crippen molar-refractivity contribution >= 4 is 23.2 Å². The van der Waals surface area contributed by atoms with E-state index in [1.165, 1.54) is 29.3 Å². The molecule has 6 nitrogen and oxygen atoms in total.